The van der Waals surface area contributed by atoms with Crippen LogP contribution in [0.3, 0.4) is 0 Å². The number of methoxy groups -OCH3 is 1. The van der Waals surface area contributed by atoms with E-state index < -0.39 is 12.1 Å². The van der Waals surface area contributed by atoms with Crippen molar-refractivity contribution >= 4 is 5.97 Å². The van der Waals surface area contributed by atoms with E-state index in [4.69, 9.17) is 15.6 Å². The van der Waals surface area contributed by atoms with Crippen molar-refractivity contribution in [1.29, 1.82) is 0 Å². The van der Waals surface area contributed by atoms with Gasteiger partial charge in [-0.3, -0.25) is 0 Å². The Morgan fingerprint density at radius 1 is 1.69 bits per heavy atom. The smallest absolute Gasteiger partial charge is 0.358 e. The van der Waals surface area contributed by atoms with Gasteiger partial charge in [-0.15, -0.1) is 5.10 Å². The molecule has 0 spiro atoms. The maximum atomic E-state index is 10.7. The van der Waals surface area contributed by atoms with Crippen molar-refractivity contribution in [1.82, 2.24) is 15.0 Å². The first-order chi connectivity index (χ1) is 7.60. The molecule has 16 heavy (non-hydrogen) atoms. The number of aromatic carboxylic acids is 1. The number of nitrogens with zero attached hydrogens (tertiary/aromatic N) is 3. The molecule has 1 atom stereocenters. The summed E-state index contributed by atoms with van der Waals surface area (Å²) in [6, 6.07) is 0. The van der Waals surface area contributed by atoms with Gasteiger partial charge in [0.1, 0.15) is 0 Å². The summed E-state index contributed by atoms with van der Waals surface area (Å²) in [5.41, 5.74) is 5.50. The molecule has 0 aliphatic carbocycles. The molecule has 0 amide bonds. The number of ether oxygens (including phenoxy) is 1. The minimum absolute atomic E-state index is 0.00562. The predicted octanol–water partition coefficient (Wildman–Crippen LogP) is -1.56. The fourth-order valence-corrected chi connectivity index (χ4v) is 1.29. The lowest BCUT2D eigenvalue weighted by atomic mass is 10.3. The highest BCUT2D eigenvalue weighted by atomic mass is 16.5. The minimum atomic E-state index is -1.19. The molecule has 1 heterocycles. The second-order valence-electron chi connectivity index (χ2n) is 3.19. The molecular weight excluding hydrogens is 216 g/mol. The van der Waals surface area contributed by atoms with E-state index in [1.807, 2.05) is 0 Å². The predicted molar refractivity (Wildman–Crippen MR) is 52.8 cm³/mol. The van der Waals surface area contributed by atoms with Gasteiger partial charge in [-0.2, -0.15) is 0 Å². The molecule has 0 fully saturated rings. The molecule has 0 radical (unpaired) electrons. The first-order valence-corrected chi connectivity index (χ1v) is 4.62. The van der Waals surface area contributed by atoms with Crippen LogP contribution >= 0.6 is 0 Å². The summed E-state index contributed by atoms with van der Waals surface area (Å²) in [6.07, 6.45) is -0.779. The SMILES string of the molecule is COCC(O)Cn1nnc(C(=O)O)c1CN. The van der Waals surface area contributed by atoms with Crippen LogP contribution in [-0.4, -0.2) is 51.0 Å². The molecule has 4 N–H and O–H groups in total. The second kappa shape index (κ2) is 5.54. The van der Waals surface area contributed by atoms with Gasteiger partial charge in [0, 0.05) is 13.7 Å². The van der Waals surface area contributed by atoms with Gasteiger partial charge in [0.2, 0.25) is 0 Å². The molecule has 1 aromatic rings. The van der Waals surface area contributed by atoms with Gasteiger partial charge < -0.3 is 20.7 Å². The van der Waals surface area contributed by atoms with Gasteiger partial charge in [0.05, 0.1) is 24.9 Å². The summed E-state index contributed by atoms with van der Waals surface area (Å²) in [5.74, 6) is -1.19. The third kappa shape index (κ3) is 2.75. The van der Waals surface area contributed by atoms with Crippen LogP contribution in [0.15, 0.2) is 0 Å². The van der Waals surface area contributed by atoms with Gasteiger partial charge in [-0.25, -0.2) is 9.48 Å². The third-order valence-electron chi connectivity index (χ3n) is 1.98. The van der Waals surface area contributed by atoms with Crippen molar-refractivity contribution in [2.24, 2.45) is 5.73 Å². The molecule has 1 aromatic heterocycles. The Balaban J connectivity index is 2.84. The van der Waals surface area contributed by atoms with Crippen LogP contribution < -0.4 is 5.73 Å². The fraction of sp³-hybridized carbons (Fsp3) is 0.625. The zero-order valence-corrected chi connectivity index (χ0v) is 8.83. The van der Waals surface area contributed by atoms with Crippen molar-refractivity contribution in [2.75, 3.05) is 13.7 Å². The quantitative estimate of drug-likeness (QED) is 0.540. The largest absolute Gasteiger partial charge is 0.476 e. The Hall–Kier alpha value is -1.51. The van der Waals surface area contributed by atoms with E-state index in [-0.39, 0.29) is 31.1 Å². The van der Waals surface area contributed by atoms with E-state index in [0.717, 1.165) is 0 Å². The lowest BCUT2D eigenvalue weighted by Gasteiger charge is -2.10. The zero-order chi connectivity index (χ0) is 12.1. The average molecular weight is 230 g/mol. The number of aliphatic hydroxyl groups is 1. The average Bonchev–Trinajstić information content (AvgIpc) is 2.61. The van der Waals surface area contributed by atoms with Crippen molar-refractivity contribution < 1.29 is 19.7 Å². The summed E-state index contributed by atoms with van der Waals surface area (Å²) in [5, 5.41) is 25.4. The fourth-order valence-electron chi connectivity index (χ4n) is 1.29. The van der Waals surface area contributed by atoms with Crippen molar-refractivity contribution in [3.8, 4) is 0 Å². The lowest BCUT2D eigenvalue weighted by molar-refractivity contribution is 0.0504. The van der Waals surface area contributed by atoms with Crippen molar-refractivity contribution in [2.45, 2.75) is 19.2 Å². The first-order valence-electron chi connectivity index (χ1n) is 4.62. The van der Waals surface area contributed by atoms with Gasteiger partial charge in [0.25, 0.3) is 0 Å². The molecule has 0 aliphatic heterocycles. The maximum absolute atomic E-state index is 10.7. The number of hydrogen-bond donors (Lipinski definition) is 3. The van der Waals surface area contributed by atoms with E-state index in [2.05, 4.69) is 10.3 Å². The second-order valence-corrected chi connectivity index (χ2v) is 3.19. The summed E-state index contributed by atoms with van der Waals surface area (Å²) in [6.45, 7) is 0.223. The molecule has 0 aliphatic rings. The van der Waals surface area contributed by atoms with Crippen molar-refractivity contribution in [3.63, 3.8) is 0 Å². The van der Waals surface area contributed by atoms with Crippen LogP contribution in [0.25, 0.3) is 0 Å². The molecule has 0 aromatic carbocycles. The summed E-state index contributed by atoms with van der Waals surface area (Å²) < 4.78 is 6.02. The highest BCUT2D eigenvalue weighted by molar-refractivity contribution is 5.86. The third-order valence-corrected chi connectivity index (χ3v) is 1.98. The molecule has 0 saturated heterocycles. The van der Waals surface area contributed by atoms with Crippen LogP contribution in [-0.2, 0) is 17.8 Å². The Morgan fingerprint density at radius 2 is 2.38 bits per heavy atom. The minimum Gasteiger partial charge on any atom is -0.476 e. The summed E-state index contributed by atoms with van der Waals surface area (Å²) >= 11 is 0. The summed E-state index contributed by atoms with van der Waals surface area (Å²) in [7, 11) is 1.46. The molecular formula is C8H14N4O4. The molecule has 1 rings (SSSR count). The Morgan fingerprint density at radius 3 is 2.88 bits per heavy atom. The highest BCUT2D eigenvalue weighted by Gasteiger charge is 2.19. The molecule has 90 valence electrons. The van der Waals surface area contributed by atoms with Gasteiger partial charge in [-0.05, 0) is 0 Å². The highest BCUT2D eigenvalue weighted by Crippen LogP contribution is 2.05. The Kier molecular flexibility index (Phi) is 4.35. The van der Waals surface area contributed by atoms with E-state index in [1.165, 1.54) is 11.8 Å². The number of carbonyl (C=O) groups is 1. The summed E-state index contributed by atoms with van der Waals surface area (Å²) in [4.78, 5) is 10.7. The molecule has 0 saturated carbocycles. The van der Waals surface area contributed by atoms with E-state index in [0.29, 0.717) is 0 Å². The Labute approximate surface area is 91.6 Å². The lowest BCUT2D eigenvalue weighted by Crippen LogP contribution is -2.24. The van der Waals surface area contributed by atoms with Crippen LogP contribution in [0.2, 0.25) is 0 Å². The molecule has 8 nitrogen and oxygen atoms in total. The number of hydrogen-bond acceptors (Lipinski definition) is 6. The van der Waals surface area contributed by atoms with Gasteiger partial charge in [0.15, 0.2) is 5.69 Å². The maximum Gasteiger partial charge on any atom is 0.358 e. The van der Waals surface area contributed by atoms with Crippen LogP contribution in [0, 0.1) is 0 Å². The number of carboxylic acids is 1. The first kappa shape index (κ1) is 12.6. The van der Waals surface area contributed by atoms with Crippen LogP contribution in [0.5, 0.6) is 0 Å². The zero-order valence-electron chi connectivity index (χ0n) is 8.83. The number of rotatable bonds is 6. The van der Waals surface area contributed by atoms with Crippen LogP contribution in [0.4, 0.5) is 0 Å². The van der Waals surface area contributed by atoms with E-state index >= 15 is 0 Å². The van der Waals surface area contributed by atoms with Gasteiger partial charge >= 0.3 is 5.97 Å². The van der Waals surface area contributed by atoms with E-state index in [9.17, 15) is 9.90 Å². The molecule has 8 heteroatoms. The normalized spacial score (nSPS) is 12.7. The molecule has 0 bridgehead atoms. The number of nitrogens with two attached hydrogens (primary N) is 1. The monoisotopic (exact) mass is 230 g/mol. The number of carboxylic acid groups (broad SMARTS) is 1. The van der Waals surface area contributed by atoms with Gasteiger partial charge in [-0.1, -0.05) is 5.21 Å². The standard InChI is InChI=1S/C8H14N4O4/c1-16-4-5(13)3-12-6(2-9)7(8(14)15)10-11-12/h5,13H,2-4,9H2,1H3,(H,14,15). The molecule has 1 unspecified atom stereocenters. The Bertz CT molecular complexity index is 365. The topological polar surface area (TPSA) is 123 Å². The van der Waals surface area contributed by atoms with E-state index in [1.54, 1.807) is 0 Å². The van der Waals surface area contributed by atoms with Crippen LogP contribution in [0.1, 0.15) is 16.2 Å². The number of aliphatic hydroxyl groups excluding tert-OH is 1. The van der Waals surface area contributed by atoms with Crippen molar-refractivity contribution in [3.05, 3.63) is 11.4 Å². The number of aromatic nitrogens is 3.